The van der Waals surface area contributed by atoms with Gasteiger partial charge in [-0.3, -0.25) is 4.98 Å². The lowest BCUT2D eigenvalue weighted by molar-refractivity contribution is 0.216. The first kappa shape index (κ1) is 6.55. The van der Waals surface area contributed by atoms with Crippen molar-refractivity contribution in [3.63, 3.8) is 0 Å². The second-order valence-corrected chi connectivity index (χ2v) is 2.49. The van der Waals surface area contributed by atoms with Crippen LogP contribution in [0.15, 0.2) is 30.6 Å². The van der Waals surface area contributed by atoms with Crippen molar-refractivity contribution >= 4 is 5.57 Å². The summed E-state index contributed by atoms with van der Waals surface area (Å²) in [6.07, 6.45) is 5.73. The van der Waals surface area contributed by atoms with Gasteiger partial charge in [-0.2, -0.15) is 0 Å². The highest BCUT2D eigenvalue weighted by atomic mass is 16.5. The molecule has 0 aliphatic carbocycles. The van der Waals surface area contributed by atoms with Crippen molar-refractivity contribution < 1.29 is 4.74 Å². The van der Waals surface area contributed by atoms with Gasteiger partial charge in [-0.05, 0) is 17.2 Å². The molecule has 0 unspecified atom stereocenters. The van der Waals surface area contributed by atoms with Crippen LogP contribution in [0.1, 0.15) is 5.56 Å². The van der Waals surface area contributed by atoms with Crippen LogP contribution in [0.4, 0.5) is 0 Å². The molecule has 0 fully saturated rings. The molecule has 1 aromatic heterocycles. The molecule has 1 aliphatic rings. The molecule has 2 heteroatoms. The zero-order valence-corrected chi connectivity index (χ0v) is 6.16. The maximum Gasteiger partial charge on any atom is 0.0725 e. The van der Waals surface area contributed by atoms with Gasteiger partial charge in [0.1, 0.15) is 0 Å². The number of rotatable bonds is 1. The quantitative estimate of drug-likeness (QED) is 0.600. The minimum Gasteiger partial charge on any atom is -0.373 e. The lowest BCUT2D eigenvalue weighted by Gasteiger charge is -1.97. The Bertz CT molecular complexity index is 266. The summed E-state index contributed by atoms with van der Waals surface area (Å²) >= 11 is 0. The highest BCUT2D eigenvalue weighted by Crippen LogP contribution is 2.16. The number of hydrogen-bond donors (Lipinski definition) is 0. The van der Waals surface area contributed by atoms with E-state index < -0.39 is 0 Å². The molecule has 0 spiro atoms. The smallest absolute Gasteiger partial charge is 0.0725 e. The third kappa shape index (κ3) is 1.30. The first-order chi connectivity index (χ1) is 5.47. The minimum absolute atomic E-state index is 0.728. The van der Waals surface area contributed by atoms with Gasteiger partial charge in [-0.15, -0.1) is 0 Å². The standard InChI is InChI=1S/C9H9NO/c1-2-8(6-10-4-1)9-3-5-11-7-9/h1-4,6H,5,7H2. The van der Waals surface area contributed by atoms with Crippen molar-refractivity contribution in [1.82, 2.24) is 4.98 Å². The second-order valence-electron chi connectivity index (χ2n) is 2.49. The molecule has 56 valence electrons. The second kappa shape index (κ2) is 2.84. The van der Waals surface area contributed by atoms with Crippen LogP contribution in [0.2, 0.25) is 0 Å². The molecule has 0 bridgehead atoms. The third-order valence-electron chi connectivity index (χ3n) is 1.74. The van der Waals surface area contributed by atoms with E-state index in [9.17, 15) is 0 Å². The Kier molecular flexibility index (Phi) is 1.69. The number of aromatic nitrogens is 1. The van der Waals surface area contributed by atoms with Gasteiger partial charge in [0.05, 0.1) is 13.2 Å². The maximum atomic E-state index is 5.19. The van der Waals surface area contributed by atoms with E-state index in [4.69, 9.17) is 4.74 Å². The molecule has 0 radical (unpaired) electrons. The van der Waals surface area contributed by atoms with E-state index >= 15 is 0 Å². The van der Waals surface area contributed by atoms with Crippen molar-refractivity contribution in [1.29, 1.82) is 0 Å². The zero-order valence-electron chi connectivity index (χ0n) is 6.16. The SMILES string of the molecule is C1=C(c2cccnc2)COC1. The van der Waals surface area contributed by atoms with E-state index in [-0.39, 0.29) is 0 Å². The number of pyridine rings is 1. The van der Waals surface area contributed by atoms with Crippen LogP contribution in [-0.4, -0.2) is 18.2 Å². The fourth-order valence-electron chi connectivity index (χ4n) is 1.14. The molecule has 1 aliphatic heterocycles. The fourth-order valence-corrected chi connectivity index (χ4v) is 1.14. The van der Waals surface area contributed by atoms with Crippen molar-refractivity contribution in [2.24, 2.45) is 0 Å². The average Bonchev–Trinajstić information content (AvgIpc) is 2.58. The molecule has 1 aromatic rings. The van der Waals surface area contributed by atoms with Crippen LogP contribution >= 0.6 is 0 Å². The molecule has 2 rings (SSSR count). The molecular formula is C9H9NO. The van der Waals surface area contributed by atoms with E-state index in [0.29, 0.717) is 0 Å². The van der Waals surface area contributed by atoms with Crippen LogP contribution < -0.4 is 0 Å². The molecule has 0 saturated heterocycles. The number of ether oxygens (including phenoxy) is 1. The summed E-state index contributed by atoms with van der Waals surface area (Å²) in [6, 6.07) is 3.99. The van der Waals surface area contributed by atoms with Crippen LogP contribution in [0.3, 0.4) is 0 Å². The van der Waals surface area contributed by atoms with Crippen LogP contribution in [0.5, 0.6) is 0 Å². The third-order valence-corrected chi connectivity index (χ3v) is 1.74. The first-order valence-electron chi connectivity index (χ1n) is 3.64. The predicted molar refractivity (Wildman–Crippen MR) is 43.0 cm³/mol. The summed E-state index contributed by atoms with van der Waals surface area (Å²) in [4.78, 5) is 4.03. The highest BCUT2D eigenvalue weighted by Gasteiger charge is 2.05. The van der Waals surface area contributed by atoms with Gasteiger partial charge in [-0.25, -0.2) is 0 Å². The molecule has 2 nitrogen and oxygen atoms in total. The fraction of sp³-hybridized carbons (Fsp3) is 0.222. The molecule has 0 N–H and O–H groups in total. The van der Waals surface area contributed by atoms with Crippen LogP contribution in [0.25, 0.3) is 5.57 Å². The summed E-state index contributed by atoms with van der Waals surface area (Å²) in [6.45, 7) is 1.47. The Morgan fingerprint density at radius 2 is 2.45 bits per heavy atom. The van der Waals surface area contributed by atoms with Gasteiger partial charge in [0, 0.05) is 12.4 Å². The largest absolute Gasteiger partial charge is 0.373 e. The van der Waals surface area contributed by atoms with Gasteiger partial charge in [0.25, 0.3) is 0 Å². The predicted octanol–water partition coefficient (Wildman–Crippen LogP) is 1.50. The molecule has 0 aromatic carbocycles. The number of nitrogens with zero attached hydrogens (tertiary/aromatic N) is 1. The van der Waals surface area contributed by atoms with Crippen LogP contribution in [-0.2, 0) is 4.74 Å². The normalized spacial score (nSPS) is 16.5. The van der Waals surface area contributed by atoms with Gasteiger partial charge in [-0.1, -0.05) is 12.1 Å². The Labute approximate surface area is 65.5 Å². The molecule has 0 atom stereocenters. The Balaban J connectivity index is 2.29. The lowest BCUT2D eigenvalue weighted by atomic mass is 10.1. The summed E-state index contributed by atoms with van der Waals surface area (Å²) < 4.78 is 5.19. The molecular weight excluding hydrogens is 138 g/mol. The zero-order chi connectivity index (χ0) is 7.52. The van der Waals surface area contributed by atoms with Crippen molar-refractivity contribution in [3.8, 4) is 0 Å². The molecule has 0 amide bonds. The summed E-state index contributed by atoms with van der Waals surface area (Å²) in [7, 11) is 0. The van der Waals surface area contributed by atoms with E-state index in [1.165, 1.54) is 11.1 Å². The van der Waals surface area contributed by atoms with Crippen molar-refractivity contribution in [2.45, 2.75) is 0 Å². The van der Waals surface area contributed by atoms with Crippen molar-refractivity contribution in [2.75, 3.05) is 13.2 Å². The molecule has 11 heavy (non-hydrogen) atoms. The number of hydrogen-bond acceptors (Lipinski definition) is 2. The summed E-state index contributed by atoms with van der Waals surface area (Å²) in [5.41, 5.74) is 2.42. The van der Waals surface area contributed by atoms with E-state index in [1.807, 2.05) is 18.3 Å². The van der Waals surface area contributed by atoms with Crippen molar-refractivity contribution in [3.05, 3.63) is 36.2 Å². The van der Waals surface area contributed by atoms with Gasteiger partial charge in [0.15, 0.2) is 0 Å². The molecule has 0 saturated carbocycles. The van der Waals surface area contributed by atoms with E-state index in [1.54, 1.807) is 6.20 Å². The topological polar surface area (TPSA) is 22.1 Å². The monoisotopic (exact) mass is 147 g/mol. The van der Waals surface area contributed by atoms with Crippen LogP contribution in [0, 0.1) is 0 Å². The highest BCUT2D eigenvalue weighted by molar-refractivity contribution is 5.66. The van der Waals surface area contributed by atoms with Gasteiger partial charge >= 0.3 is 0 Å². The molecule has 2 heterocycles. The lowest BCUT2D eigenvalue weighted by Crippen LogP contribution is -1.87. The van der Waals surface area contributed by atoms with Gasteiger partial charge in [0.2, 0.25) is 0 Å². The minimum atomic E-state index is 0.728. The summed E-state index contributed by atoms with van der Waals surface area (Å²) in [5, 5.41) is 0. The Morgan fingerprint density at radius 1 is 1.45 bits per heavy atom. The maximum absolute atomic E-state index is 5.19. The van der Waals surface area contributed by atoms with E-state index in [0.717, 1.165) is 13.2 Å². The Morgan fingerprint density at radius 3 is 3.09 bits per heavy atom. The van der Waals surface area contributed by atoms with E-state index in [2.05, 4.69) is 11.1 Å². The average molecular weight is 147 g/mol. The first-order valence-corrected chi connectivity index (χ1v) is 3.64. The Hall–Kier alpha value is -1.15. The van der Waals surface area contributed by atoms with Gasteiger partial charge < -0.3 is 4.74 Å². The summed E-state index contributed by atoms with van der Waals surface area (Å²) in [5.74, 6) is 0.